The first-order valence-corrected chi connectivity index (χ1v) is 0. The van der Waals surface area contributed by atoms with E-state index in [2.05, 4.69) is 0 Å². The molecular formula is H6Br2O3Sr. The molecule has 0 amide bonds. The molecule has 0 atom stereocenters. The van der Waals surface area contributed by atoms with E-state index < -0.39 is 0 Å². The molecule has 0 spiro atoms. The van der Waals surface area contributed by atoms with E-state index >= 15 is 0 Å². The smallest absolute Gasteiger partial charge is 1.00 e. The Morgan fingerprint density at radius 2 is 0.500 bits per heavy atom. The van der Waals surface area contributed by atoms with Gasteiger partial charge in [0, 0.05) is 0 Å². The Bertz CT molecular complexity index is 8.75. The number of halogens is 2. The molecule has 0 aromatic carbocycles. The minimum Gasteiger partial charge on any atom is -1.00 e. The summed E-state index contributed by atoms with van der Waals surface area (Å²) in [6.45, 7) is 0. The predicted octanol–water partition coefficient (Wildman–Crippen LogP) is -8.85. The molecule has 0 aliphatic carbocycles. The summed E-state index contributed by atoms with van der Waals surface area (Å²) in [7, 11) is 0. The molecule has 0 aromatic rings. The van der Waals surface area contributed by atoms with Gasteiger partial charge in [0.1, 0.15) is 0 Å². The van der Waals surface area contributed by atoms with Crippen molar-refractivity contribution >= 4 is 45.5 Å². The fourth-order valence-electron chi connectivity index (χ4n) is 0. The first-order chi connectivity index (χ1) is 0. The van der Waals surface area contributed by atoms with E-state index in [4.69, 9.17) is 0 Å². The summed E-state index contributed by atoms with van der Waals surface area (Å²) in [5, 5.41) is 0. The third-order valence-electron chi connectivity index (χ3n) is 0. The third-order valence-corrected chi connectivity index (χ3v) is 0. The maximum atomic E-state index is 0. The molecule has 0 bridgehead atoms. The Labute approximate surface area is 94.2 Å². The van der Waals surface area contributed by atoms with Gasteiger partial charge in [0.2, 0.25) is 0 Å². The average molecular weight is 301 g/mol. The van der Waals surface area contributed by atoms with Crippen molar-refractivity contribution in [3.63, 3.8) is 0 Å². The molecule has 0 rings (SSSR count). The molecule has 6 heavy (non-hydrogen) atoms. The van der Waals surface area contributed by atoms with Crippen LogP contribution in [0, 0.1) is 0 Å². The summed E-state index contributed by atoms with van der Waals surface area (Å²) in [5.74, 6) is 0. The van der Waals surface area contributed by atoms with Crippen LogP contribution in [0.15, 0.2) is 0 Å². The first-order valence-electron chi connectivity index (χ1n) is 0. The zero-order valence-electron chi connectivity index (χ0n) is 2.96. The van der Waals surface area contributed by atoms with Crippen molar-refractivity contribution in [1.29, 1.82) is 0 Å². The van der Waals surface area contributed by atoms with Crippen LogP contribution >= 0.6 is 0 Å². The average Bonchev–Trinajstić information content (AvgIpc) is 0. The molecule has 0 saturated heterocycles. The maximum Gasteiger partial charge on any atom is 2.00 e. The minimum absolute atomic E-state index is 0. The van der Waals surface area contributed by atoms with Crippen molar-refractivity contribution in [2.24, 2.45) is 0 Å². The summed E-state index contributed by atoms with van der Waals surface area (Å²) in [6.07, 6.45) is 0. The fourth-order valence-corrected chi connectivity index (χ4v) is 0. The van der Waals surface area contributed by atoms with E-state index in [1.807, 2.05) is 0 Å². The van der Waals surface area contributed by atoms with E-state index in [9.17, 15) is 0 Å². The van der Waals surface area contributed by atoms with Crippen LogP contribution in [0.5, 0.6) is 0 Å². The van der Waals surface area contributed by atoms with Crippen LogP contribution in [0.3, 0.4) is 0 Å². The third kappa shape index (κ3) is 33.2. The topological polar surface area (TPSA) is 94.5 Å². The van der Waals surface area contributed by atoms with Gasteiger partial charge in [0.15, 0.2) is 0 Å². The van der Waals surface area contributed by atoms with E-state index in [1.165, 1.54) is 0 Å². The molecular weight excluding hydrogens is 295 g/mol. The van der Waals surface area contributed by atoms with Crippen molar-refractivity contribution in [3.8, 4) is 0 Å². The maximum absolute atomic E-state index is 0. The van der Waals surface area contributed by atoms with Gasteiger partial charge in [0.25, 0.3) is 0 Å². The quantitative estimate of drug-likeness (QED) is 0.397. The normalized spacial score (nSPS) is 0. The standard InChI is InChI=1S/2BrH.3H2O.Sr/h2*1H;3*1H2;/q;;;;;+2/p-2. The molecule has 0 radical (unpaired) electrons. The van der Waals surface area contributed by atoms with Gasteiger partial charge in [-0.15, -0.1) is 0 Å². The molecule has 0 heterocycles. The Hall–Kier alpha value is 2.32. The summed E-state index contributed by atoms with van der Waals surface area (Å²) >= 11 is 0. The van der Waals surface area contributed by atoms with E-state index in [-0.39, 0.29) is 95.9 Å². The molecule has 0 unspecified atom stereocenters. The largest absolute Gasteiger partial charge is 2.00 e. The van der Waals surface area contributed by atoms with Crippen molar-refractivity contribution in [1.82, 2.24) is 0 Å². The van der Waals surface area contributed by atoms with Gasteiger partial charge in [-0.05, 0) is 0 Å². The number of hydrogen-bond donors (Lipinski definition) is 0. The van der Waals surface area contributed by atoms with Crippen molar-refractivity contribution in [2.45, 2.75) is 0 Å². The summed E-state index contributed by atoms with van der Waals surface area (Å²) < 4.78 is 0. The van der Waals surface area contributed by atoms with Gasteiger partial charge in [-0.25, -0.2) is 0 Å². The monoisotopic (exact) mass is 300 g/mol. The second kappa shape index (κ2) is 54.3. The van der Waals surface area contributed by atoms with Crippen LogP contribution in [-0.4, -0.2) is 61.9 Å². The Balaban J connectivity index is 0. The van der Waals surface area contributed by atoms with Crippen LogP contribution in [-0.2, 0) is 0 Å². The summed E-state index contributed by atoms with van der Waals surface area (Å²) in [4.78, 5) is 0. The number of rotatable bonds is 0. The molecule has 6 N–H and O–H groups in total. The molecule has 0 aromatic heterocycles. The van der Waals surface area contributed by atoms with Crippen LogP contribution in [0.1, 0.15) is 0 Å². The fraction of sp³-hybridized carbons (Fsp3) is 0. The SMILES string of the molecule is O.O.O.[Br-].[Br-].[Sr+2]. The zero-order chi connectivity index (χ0) is 0. The van der Waals surface area contributed by atoms with Crippen molar-refractivity contribution in [2.75, 3.05) is 0 Å². The van der Waals surface area contributed by atoms with Crippen LogP contribution in [0.4, 0.5) is 0 Å². The molecule has 0 fully saturated rings. The zero-order valence-corrected chi connectivity index (χ0v) is 9.61. The summed E-state index contributed by atoms with van der Waals surface area (Å²) in [6, 6.07) is 0. The minimum atomic E-state index is 0. The molecule has 40 valence electrons. The molecule has 0 aliphatic rings. The van der Waals surface area contributed by atoms with Crippen LogP contribution in [0.25, 0.3) is 0 Å². The van der Waals surface area contributed by atoms with Crippen LogP contribution in [0.2, 0.25) is 0 Å². The first kappa shape index (κ1) is 82.8. The molecule has 0 saturated carbocycles. The van der Waals surface area contributed by atoms with Gasteiger partial charge in [-0.2, -0.15) is 0 Å². The second-order valence-electron chi connectivity index (χ2n) is 0. The Morgan fingerprint density at radius 3 is 0.500 bits per heavy atom. The van der Waals surface area contributed by atoms with E-state index in [0.29, 0.717) is 0 Å². The van der Waals surface area contributed by atoms with Crippen LogP contribution < -0.4 is 34.0 Å². The van der Waals surface area contributed by atoms with Gasteiger partial charge in [-0.3, -0.25) is 0 Å². The van der Waals surface area contributed by atoms with Crippen molar-refractivity contribution in [3.05, 3.63) is 0 Å². The molecule has 6 heteroatoms. The van der Waals surface area contributed by atoms with E-state index in [1.54, 1.807) is 0 Å². The second-order valence-corrected chi connectivity index (χ2v) is 0. The Kier molecular flexibility index (Phi) is 750. The number of hydrogen-bond acceptors (Lipinski definition) is 0. The summed E-state index contributed by atoms with van der Waals surface area (Å²) in [5.41, 5.74) is 0. The predicted molar refractivity (Wildman–Crippen MR) is 16.6 cm³/mol. The van der Waals surface area contributed by atoms with Gasteiger partial charge < -0.3 is 50.4 Å². The van der Waals surface area contributed by atoms with Gasteiger partial charge in [-0.1, -0.05) is 0 Å². The van der Waals surface area contributed by atoms with Crippen molar-refractivity contribution < 1.29 is 50.4 Å². The van der Waals surface area contributed by atoms with Gasteiger partial charge in [0.05, 0.1) is 0 Å². The molecule has 0 aliphatic heterocycles. The molecule has 3 nitrogen and oxygen atoms in total. The Morgan fingerprint density at radius 1 is 0.500 bits per heavy atom. The van der Waals surface area contributed by atoms with E-state index in [0.717, 1.165) is 0 Å². The van der Waals surface area contributed by atoms with Gasteiger partial charge >= 0.3 is 45.5 Å².